The molecule has 6 aromatic rings. The van der Waals surface area contributed by atoms with Gasteiger partial charge in [-0.05, 0) is 29.8 Å². The largest absolute Gasteiger partial charge is 0.493 e. The average Bonchev–Trinajstić information content (AvgIpc) is 3.50. The van der Waals surface area contributed by atoms with Crippen molar-refractivity contribution in [3.05, 3.63) is 85.3 Å². The zero-order valence-electron chi connectivity index (χ0n) is 21.9. The molecule has 3 heterocycles. The molecule has 0 saturated heterocycles. The number of carbonyl (C=O) groups excluding carboxylic acids is 1. The monoisotopic (exact) mass is 549 g/mol. The Bertz CT molecular complexity index is 2050. The van der Waals surface area contributed by atoms with Gasteiger partial charge in [0.1, 0.15) is 0 Å². The van der Waals surface area contributed by atoms with Gasteiger partial charge in [0.25, 0.3) is 5.95 Å². The molecule has 0 N–H and O–H groups in total. The van der Waals surface area contributed by atoms with Crippen LogP contribution in [-0.2, 0) is 14.3 Å². The molecule has 0 spiro atoms. The number of benzene rings is 3. The van der Waals surface area contributed by atoms with Crippen molar-refractivity contribution in [1.82, 2.24) is 24.7 Å². The van der Waals surface area contributed by atoms with Gasteiger partial charge in [-0.15, -0.1) is 0 Å². The van der Waals surface area contributed by atoms with E-state index < -0.39 is 9.52 Å². The van der Waals surface area contributed by atoms with Crippen LogP contribution in [0.25, 0.3) is 50.1 Å². The van der Waals surface area contributed by atoms with Gasteiger partial charge in [-0.3, -0.25) is 9.19 Å². The van der Waals surface area contributed by atoms with E-state index in [0.29, 0.717) is 33.6 Å². The Kier molecular flexibility index (Phi) is 6.26. The molecule has 3 aromatic carbocycles. The van der Waals surface area contributed by atoms with E-state index in [1.54, 1.807) is 60.8 Å². The van der Waals surface area contributed by atoms with Crippen LogP contribution in [0, 0.1) is 0 Å². The van der Waals surface area contributed by atoms with Crippen molar-refractivity contribution < 1.29 is 18.5 Å². The molecule has 10 heteroatoms. The Morgan fingerprint density at radius 3 is 2.40 bits per heavy atom. The summed E-state index contributed by atoms with van der Waals surface area (Å²) in [6.07, 6.45) is 6.65. The third kappa shape index (κ3) is 4.35. The minimum Gasteiger partial charge on any atom is -0.493 e. The third-order valence-electron chi connectivity index (χ3n) is 6.66. The number of pyridine rings is 1. The van der Waals surface area contributed by atoms with E-state index in [0.717, 1.165) is 33.0 Å². The molecule has 0 saturated carbocycles. The highest BCUT2D eigenvalue weighted by Crippen LogP contribution is 2.37. The number of methoxy groups -OCH3 is 2. The average molecular weight is 550 g/mol. The van der Waals surface area contributed by atoms with E-state index in [9.17, 15) is 9.00 Å². The van der Waals surface area contributed by atoms with Crippen molar-refractivity contribution in [3.63, 3.8) is 0 Å². The second-order valence-electron chi connectivity index (χ2n) is 9.10. The topological polar surface area (TPSA) is 109 Å². The summed E-state index contributed by atoms with van der Waals surface area (Å²) in [7, 11) is 0.335. The fraction of sp³-hybridized carbons (Fsp3) is 0.100. The molecule has 198 valence electrons. The number of rotatable bonds is 6. The quantitative estimate of drug-likeness (QED) is 0.266. The molecule has 0 radical (unpaired) electrons. The predicted molar refractivity (Wildman–Crippen MR) is 154 cm³/mol. The first kappa shape index (κ1) is 25.2. The normalized spacial score (nSPS) is 12.7. The molecule has 9 nitrogen and oxygen atoms in total. The number of ether oxygens (including phenoxy) is 2. The van der Waals surface area contributed by atoms with Crippen molar-refractivity contribution >= 4 is 36.6 Å². The Morgan fingerprint density at radius 1 is 0.900 bits per heavy atom. The molecule has 1 unspecified atom stereocenters. The lowest BCUT2D eigenvalue weighted by Crippen LogP contribution is -2.04. The molecule has 0 aliphatic heterocycles. The number of hydrogen-bond donors (Lipinski definition) is 0. The van der Waals surface area contributed by atoms with Gasteiger partial charge in [0.05, 0.1) is 46.7 Å². The van der Waals surface area contributed by atoms with Gasteiger partial charge < -0.3 is 9.47 Å². The molecule has 0 aliphatic rings. The second kappa shape index (κ2) is 9.92. The molecule has 0 amide bonds. The highest BCUT2D eigenvalue weighted by molar-refractivity contribution is 8.00. The van der Waals surface area contributed by atoms with E-state index in [1.165, 1.54) is 6.26 Å². The molecule has 1 atom stereocenters. The first-order valence-corrected chi connectivity index (χ1v) is 14.2. The second-order valence-corrected chi connectivity index (χ2v) is 11.4. The Hall–Kier alpha value is -5.05. The van der Waals surface area contributed by atoms with Gasteiger partial charge in [0.15, 0.2) is 16.7 Å². The summed E-state index contributed by atoms with van der Waals surface area (Å²) < 4.78 is 25.1. The SMILES string of the molecule is COc1cc2nc(-n3cc(-c4ccc(S(C)(=O)=C=O)cc4)cn3)nc(-c3cccc4cccnc34)c2cc1OC. The zero-order chi connectivity index (χ0) is 27.9. The van der Waals surface area contributed by atoms with Gasteiger partial charge >= 0.3 is 0 Å². The first-order valence-electron chi connectivity index (χ1n) is 12.2. The summed E-state index contributed by atoms with van der Waals surface area (Å²) >= 11 is 0. The maximum Gasteiger partial charge on any atom is 0.251 e. The Morgan fingerprint density at radius 2 is 1.65 bits per heavy atom. The van der Waals surface area contributed by atoms with Crippen LogP contribution in [0.4, 0.5) is 0 Å². The number of aromatic nitrogens is 5. The number of nitrogens with zero attached hydrogens (tertiary/aromatic N) is 5. The van der Waals surface area contributed by atoms with Crippen LogP contribution in [0.3, 0.4) is 0 Å². The number of fused-ring (bicyclic) bond motifs is 2. The van der Waals surface area contributed by atoms with Gasteiger partial charge in [-0.1, -0.05) is 36.4 Å². The maximum absolute atomic E-state index is 12.3. The van der Waals surface area contributed by atoms with E-state index in [1.807, 2.05) is 48.7 Å². The van der Waals surface area contributed by atoms with Crippen LogP contribution in [0.1, 0.15) is 0 Å². The van der Waals surface area contributed by atoms with Crippen molar-refractivity contribution in [2.45, 2.75) is 4.90 Å². The Labute approximate surface area is 230 Å². The van der Waals surface area contributed by atoms with Crippen molar-refractivity contribution in [2.24, 2.45) is 0 Å². The minimum absolute atomic E-state index is 0.359. The molecule has 0 aliphatic carbocycles. The highest BCUT2D eigenvalue weighted by Gasteiger charge is 2.18. The number of hydrogen-bond acceptors (Lipinski definition) is 8. The third-order valence-corrected chi connectivity index (χ3v) is 8.15. The van der Waals surface area contributed by atoms with Gasteiger partial charge in [-0.25, -0.2) is 19.4 Å². The van der Waals surface area contributed by atoms with Gasteiger partial charge in [0.2, 0.25) is 0 Å². The van der Waals surface area contributed by atoms with E-state index in [2.05, 4.69) is 10.1 Å². The lowest BCUT2D eigenvalue weighted by molar-refractivity contribution is 0.356. The summed E-state index contributed by atoms with van der Waals surface area (Å²) in [5, 5.41) is 7.92. The molecule has 40 heavy (non-hydrogen) atoms. The summed E-state index contributed by atoms with van der Waals surface area (Å²) in [5.74, 6) is 1.47. The lowest BCUT2D eigenvalue weighted by Gasteiger charge is -2.14. The fourth-order valence-corrected chi connectivity index (χ4v) is 5.33. The standard InChI is InChI=1S/C30H23N5O4S/c1-38-26-14-24-25(15-27(26)39-2)33-30(34-29(24)23-8-4-6-20-7-5-13-31-28(20)23)35-17-21(16-32-35)19-9-11-22(12-10-19)40(3,37)18-36/h4-17H,1-3H3. The summed E-state index contributed by atoms with van der Waals surface area (Å²) in [5.41, 5.74) is 4.61. The smallest absolute Gasteiger partial charge is 0.251 e. The predicted octanol–water partition coefficient (Wildman–Crippen LogP) is 5.06. The van der Waals surface area contributed by atoms with Crippen LogP contribution in [-0.4, -0.2) is 54.6 Å². The van der Waals surface area contributed by atoms with Gasteiger partial charge in [-0.2, -0.15) is 5.10 Å². The van der Waals surface area contributed by atoms with E-state index >= 15 is 0 Å². The molecule has 0 fully saturated rings. The van der Waals surface area contributed by atoms with Crippen molar-refractivity contribution in [2.75, 3.05) is 20.5 Å². The molecular formula is C30H23N5O4S. The molecule has 0 bridgehead atoms. The minimum atomic E-state index is -2.83. The lowest BCUT2D eigenvalue weighted by atomic mass is 10.0. The maximum atomic E-state index is 12.3. The summed E-state index contributed by atoms with van der Waals surface area (Å²) in [4.78, 5) is 25.9. The van der Waals surface area contributed by atoms with Crippen LogP contribution in [0.2, 0.25) is 0 Å². The van der Waals surface area contributed by atoms with Crippen LogP contribution in [0.15, 0.2) is 90.2 Å². The van der Waals surface area contributed by atoms with Gasteiger partial charge in [0, 0.05) is 51.5 Å². The summed E-state index contributed by atoms with van der Waals surface area (Å²) in [6, 6.07) is 20.5. The molecule has 3 aromatic heterocycles. The zero-order valence-corrected chi connectivity index (χ0v) is 22.7. The van der Waals surface area contributed by atoms with E-state index in [-0.39, 0.29) is 0 Å². The molecule has 6 rings (SSSR count). The number of para-hydroxylation sites is 1. The Balaban J connectivity index is 1.53. The van der Waals surface area contributed by atoms with Crippen LogP contribution < -0.4 is 9.47 Å². The highest BCUT2D eigenvalue weighted by atomic mass is 32.2. The van der Waals surface area contributed by atoms with Crippen LogP contribution in [0.5, 0.6) is 11.5 Å². The van der Waals surface area contributed by atoms with Crippen molar-refractivity contribution in [3.8, 4) is 39.8 Å². The van der Waals surface area contributed by atoms with Crippen molar-refractivity contribution in [1.29, 1.82) is 0 Å². The molecular weight excluding hydrogens is 526 g/mol. The fourth-order valence-electron chi connectivity index (χ4n) is 4.58. The van der Waals surface area contributed by atoms with Crippen LogP contribution >= 0.6 is 0 Å². The summed E-state index contributed by atoms with van der Waals surface area (Å²) in [6.45, 7) is 0. The first-order chi connectivity index (χ1) is 19.4. The van der Waals surface area contributed by atoms with E-state index in [4.69, 9.17) is 19.4 Å².